The van der Waals surface area contributed by atoms with E-state index in [0.29, 0.717) is 56.9 Å². The summed E-state index contributed by atoms with van der Waals surface area (Å²) in [5.41, 5.74) is 8.09. The molecule has 172 valence electrons. The Morgan fingerprint density at radius 2 is 2.00 bits per heavy atom. The van der Waals surface area contributed by atoms with Crippen molar-refractivity contribution in [2.45, 2.75) is 71.4 Å². The van der Waals surface area contributed by atoms with Crippen LogP contribution in [0.4, 0.5) is 0 Å². The number of nitrogens with one attached hydrogen (secondary N) is 2. The Kier molecular flexibility index (Phi) is 8.06. The van der Waals surface area contributed by atoms with E-state index in [2.05, 4.69) is 29.6 Å². The Balaban J connectivity index is 1.81. The van der Waals surface area contributed by atoms with Gasteiger partial charge < -0.3 is 21.3 Å². The number of hydrogen-bond donors (Lipinski definition) is 3. The summed E-state index contributed by atoms with van der Waals surface area (Å²) < 4.78 is 1.99. The Morgan fingerprint density at radius 3 is 2.74 bits per heavy atom. The van der Waals surface area contributed by atoms with Gasteiger partial charge in [-0.2, -0.15) is 5.10 Å². The molecule has 0 radical (unpaired) electrons. The van der Waals surface area contributed by atoms with E-state index >= 15 is 0 Å². The van der Waals surface area contributed by atoms with Gasteiger partial charge in [-0.15, -0.1) is 0 Å². The van der Waals surface area contributed by atoms with Gasteiger partial charge in [0.2, 0.25) is 11.8 Å². The first kappa shape index (κ1) is 23.2. The molecular formula is C22H36N6O3. The van der Waals surface area contributed by atoms with Crippen molar-refractivity contribution < 1.29 is 14.4 Å². The number of rotatable bonds is 4. The molecule has 0 saturated carbocycles. The first-order valence-corrected chi connectivity index (χ1v) is 11.5. The van der Waals surface area contributed by atoms with Crippen LogP contribution in [0.2, 0.25) is 0 Å². The molecule has 9 heteroatoms. The summed E-state index contributed by atoms with van der Waals surface area (Å²) >= 11 is 0. The fourth-order valence-corrected chi connectivity index (χ4v) is 4.33. The van der Waals surface area contributed by atoms with Crippen LogP contribution in [0.1, 0.15) is 67.7 Å². The maximum Gasteiger partial charge on any atom is 0.272 e. The van der Waals surface area contributed by atoms with Crippen LogP contribution in [0.15, 0.2) is 0 Å². The van der Waals surface area contributed by atoms with Crippen molar-refractivity contribution in [1.29, 1.82) is 0 Å². The summed E-state index contributed by atoms with van der Waals surface area (Å²) in [5.74, 6) is 0.222. The first-order chi connectivity index (χ1) is 14.9. The number of carbonyl (C=O) groups excluding carboxylic acids is 3. The number of nitrogens with zero attached hydrogens (tertiary/aromatic N) is 3. The minimum absolute atomic E-state index is 0.00111. The van der Waals surface area contributed by atoms with E-state index in [1.54, 1.807) is 4.90 Å². The molecular weight excluding hydrogens is 396 g/mol. The molecule has 1 unspecified atom stereocenters. The van der Waals surface area contributed by atoms with E-state index < -0.39 is 0 Å². The van der Waals surface area contributed by atoms with Crippen LogP contribution >= 0.6 is 0 Å². The van der Waals surface area contributed by atoms with Gasteiger partial charge in [0.1, 0.15) is 0 Å². The first-order valence-electron chi connectivity index (χ1n) is 11.5. The zero-order valence-corrected chi connectivity index (χ0v) is 18.8. The molecule has 1 aliphatic heterocycles. The molecule has 2 bridgehead atoms. The Morgan fingerprint density at radius 1 is 1.23 bits per heavy atom. The van der Waals surface area contributed by atoms with Crippen molar-refractivity contribution in [3.63, 3.8) is 0 Å². The van der Waals surface area contributed by atoms with Gasteiger partial charge in [-0.05, 0) is 44.4 Å². The smallest absolute Gasteiger partial charge is 0.272 e. The highest BCUT2D eigenvalue weighted by Crippen LogP contribution is 2.26. The van der Waals surface area contributed by atoms with Crippen LogP contribution in [0.25, 0.3) is 0 Å². The van der Waals surface area contributed by atoms with Gasteiger partial charge in [-0.1, -0.05) is 13.8 Å². The zero-order valence-electron chi connectivity index (χ0n) is 18.8. The van der Waals surface area contributed by atoms with Gasteiger partial charge in [-0.25, -0.2) is 0 Å². The van der Waals surface area contributed by atoms with Crippen molar-refractivity contribution in [2.24, 2.45) is 11.7 Å². The molecule has 2 heterocycles. The van der Waals surface area contributed by atoms with E-state index in [1.165, 1.54) is 0 Å². The van der Waals surface area contributed by atoms with Gasteiger partial charge in [0.15, 0.2) is 5.69 Å². The van der Waals surface area contributed by atoms with E-state index in [0.717, 1.165) is 37.1 Å². The quantitative estimate of drug-likeness (QED) is 0.643. The molecule has 0 aromatic carbocycles. The average Bonchev–Trinajstić information content (AvgIpc) is 3.10. The average molecular weight is 433 g/mol. The van der Waals surface area contributed by atoms with Crippen LogP contribution in [0, 0.1) is 5.92 Å². The van der Waals surface area contributed by atoms with E-state index in [1.807, 2.05) is 4.68 Å². The number of hydrogen-bond acceptors (Lipinski definition) is 5. The molecule has 1 aromatic rings. The molecule has 0 spiro atoms. The van der Waals surface area contributed by atoms with E-state index in [-0.39, 0.29) is 30.3 Å². The Bertz CT molecular complexity index is 803. The molecule has 4 N–H and O–H groups in total. The number of carbonyl (C=O) groups is 3. The highest BCUT2D eigenvalue weighted by Gasteiger charge is 2.30. The second-order valence-corrected chi connectivity index (χ2v) is 8.98. The fourth-order valence-electron chi connectivity index (χ4n) is 4.33. The van der Waals surface area contributed by atoms with Crippen molar-refractivity contribution in [3.05, 3.63) is 17.0 Å². The second kappa shape index (κ2) is 10.7. The van der Waals surface area contributed by atoms with Gasteiger partial charge in [-0.3, -0.25) is 19.1 Å². The summed E-state index contributed by atoms with van der Waals surface area (Å²) in [7, 11) is 0. The zero-order chi connectivity index (χ0) is 22.4. The lowest BCUT2D eigenvalue weighted by atomic mass is 9.91. The monoisotopic (exact) mass is 432 g/mol. The summed E-state index contributed by atoms with van der Waals surface area (Å²) in [6.45, 7) is 6.55. The van der Waals surface area contributed by atoms with Crippen LogP contribution in [-0.4, -0.2) is 64.6 Å². The SMILES string of the molecule is CC(C)CCn1nc2c3c1CCC(C3)NC(=O)CCCN(C(=O)CN)CCCNC2=O. The van der Waals surface area contributed by atoms with Gasteiger partial charge in [0, 0.05) is 49.9 Å². The van der Waals surface area contributed by atoms with Crippen molar-refractivity contribution in [1.82, 2.24) is 25.3 Å². The summed E-state index contributed by atoms with van der Waals surface area (Å²) in [5, 5.41) is 10.8. The number of fused-ring (bicyclic) bond motifs is 1. The molecule has 0 fully saturated rings. The number of amides is 3. The van der Waals surface area contributed by atoms with Gasteiger partial charge in [0.25, 0.3) is 5.91 Å². The molecule has 2 aliphatic rings. The fraction of sp³-hybridized carbons (Fsp3) is 0.727. The molecule has 9 nitrogen and oxygen atoms in total. The highest BCUT2D eigenvalue weighted by molar-refractivity contribution is 5.94. The van der Waals surface area contributed by atoms with Gasteiger partial charge >= 0.3 is 0 Å². The number of nitrogens with two attached hydrogens (primary N) is 1. The molecule has 3 rings (SSSR count). The van der Waals surface area contributed by atoms with Crippen LogP contribution in [-0.2, 0) is 29.0 Å². The van der Waals surface area contributed by atoms with Crippen molar-refractivity contribution in [2.75, 3.05) is 26.2 Å². The normalized spacial score (nSPS) is 20.6. The lowest BCUT2D eigenvalue weighted by Crippen LogP contribution is -2.40. The van der Waals surface area contributed by atoms with Crippen LogP contribution in [0.5, 0.6) is 0 Å². The summed E-state index contributed by atoms with van der Waals surface area (Å²) in [4.78, 5) is 39.2. The maximum atomic E-state index is 12.9. The summed E-state index contributed by atoms with van der Waals surface area (Å²) in [6.07, 6.45) is 4.87. The molecule has 1 aliphatic carbocycles. The Labute approximate surface area is 184 Å². The van der Waals surface area contributed by atoms with Gasteiger partial charge in [0.05, 0.1) is 6.54 Å². The second-order valence-electron chi connectivity index (χ2n) is 8.98. The van der Waals surface area contributed by atoms with Crippen LogP contribution < -0.4 is 16.4 Å². The highest BCUT2D eigenvalue weighted by atomic mass is 16.2. The minimum atomic E-state index is -0.182. The van der Waals surface area contributed by atoms with E-state index in [4.69, 9.17) is 5.73 Å². The third-order valence-corrected chi connectivity index (χ3v) is 6.09. The topological polar surface area (TPSA) is 122 Å². The Hall–Kier alpha value is -2.42. The third-order valence-electron chi connectivity index (χ3n) is 6.09. The largest absolute Gasteiger partial charge is 0.353 e. The van der Waals surface area contributed by atoms with Crippen molar-refractivity contribution in [3.8, 4) is 0 Å². The number of aryl methyl sites for hydroxylation is 1. The lowest BCUT2D eigenvalue weighted by molar-refractivity contribution is -0.130. The van der Waals surface area contributed by atoms with Crippen LogP contribution in [0.3, 0.4) is 0 Å². The molecule has 3 amide bonds. The standard InChI is InChI=1S/C22H36N6O3/c1-15(2)8-12-28-18-7-6-16-13-17(18)21(26-28)22(31)24-9-4-11-27(20(30)14-23)10-3-5-19(29)25-16/h15-16H,3-14,23H2,1-2H3,(H,24,31)(H,25,29). The molecule has 31 heavy (non-hydrogen) atoms. The third kappa shape index (κ3) is 6.06. The minimum Gasteiger partial charge on any atom is -0.353 e. The predicted octanol–water partition coefficient (Wildman–Crippen LogP) is 0.604. The molecule has 0 saturated heterocycles. The molecule has 1 atom stereocenters. The van der Waals surface area contributed by atoms with Crippen molar-refractivity contribution >= 4 is 17.7 Å². The summed E-state index contributed by atoms with van der Waals surface area (Å²) in [6, 6.07) is 0.00111. The number of aromatic nitrogens is 2. The van der Waals surface area contributed by atoms with E-state index in [9.17, 15) is 14.4 Å². The molecule has 1 aromatic heterocycles. The predicted molar refractivity (Wildman–Crippen MR) is 117 cm³/mol. The maximum absolute atomic E-state index is 12.9. The lowest BCUT2D eigenvalue weighted by Gasteiger charge is -2.25.